The number of carbonyl (C=O) groups excluding carboxylic acids is 2. The monoisotopic (exact) mass is 801 g/mol. The zero-order valence-electron chi connectivity index (χ0n) is 30.3. The second kappa shape index (κ2) is 16.9. The Balaban J connectivity index is 2.16. The molecular weight excluding hydrogens is 741 g/mol. The molecule has 48 heavy (non-hydrogen) atoms. The Bertz CT molecular complexity index is 1070. The number of alkyl halides is 1. The van der Waals surface area contributed by atoms with Gasteiger partial charge in [0, 0.05) is 37.3 Å². The first kappa shape index (κ1) is 41.9. The molecule has 0 amide bonds. The molecule has 5 N–H and O–H groups in total. The summed E-state index contributed by atoms with van der Waals surface area (Å²) in [5, 5.41) is 47.6. The molecule has 3 aliphatic heterocycles. The number of halogens is 1. The van der Waals surface area contributed by atoms with Crippen molar-refractivity contribution < 1.29 is 58.4 Å². The smallest absolute Gasteiger partial charge is 0.312 e. The molecule has 0 aromatic rings. The van der Waals surface area contributed by atoms with E-state index < -0.39 is 94.2 Å². The molecule has 0 aromatic heterocycles. The van der Waals surface area contributed by atoms with E-state index in [1.54, 1.807) is 57.3 Å². The van der Waals surface area contributed by atoms with Crippen LogP contribution < -0.4 is 5.32 Å². The van der Waals surface area contributed by atoms with E-state index in [0.717, 1.165) is 0 Å². The number of Topliss-reactive ketones (excluding diaryl/α,β-unsaturated/α-hetero) is 1. The second-order valence-corrected chi connectivity index (χ2v) is 16.1. The lowest BCUT2D eigenvalue weighted by atomic mass is 9.74. The van der Waals surface area contributed by atoms with Crippen LogP contribution in [0.3, 0.4) is 0 Å². The number of hydrogen-bond donors (Lipinski definition) is 5. The highest BCUT2D eigenvalue weighted by molar-refractivity contribution is 14.1. The molecule has 3 heterocycles. The molecule has 0 radical (unpaired) electrons. The summed E-state index contributed by atoms with van der Waals surface area (Å²) in [6.07, 6.45) is -6.77. The Morgan fingerprint density at radius 3 is 2.10 bits per heavy atom. The van der Waals surface area contributed by atoms with Gasteiger partial charge in [0.25, 0.3) is 0 Å². The molecule has 13 nitrogen and oxygen atoms in total. The average Bonchev–Trinajstić information content (AvgIpc) is 3.03. The topological polar surface area (TPSA) is 182 Å². The fourth-order valence-corrected chi connectivity index (χ4v) is 8.19. The third-order valence-electron chi connectivity index (χ3n) is 10.9. The van der Waals surface area contributed by atoms with E-state index in [1.165, 1.54) is 21.0 Å². The van der Waals surface area contributed by atoms with Crippen molar-refractivity contribution in [1.29, 1.82) is 0 Å². The lowest BCUT2D eigenvalue weighted by Crippen LogP contribution is -2.60. The normalized spacial score (nSPS) is 50.4. The van der Waals surface area contributed by atoms with Crippen molar-refractivity contribution in [3.63, 3.8) is 0 Å². The van der Waals surface area contributed by atoms with Gasteiger partial charge in [0.05, 0.1) is 48.1 Å². The highest BCUT2D eigenvalue weighted by atomic mass is 127. The van der Waals surface area contributed by atoms with E-state index in [1.807, 2.05) is 20.8 Å². The van der Waals surface area contributed by atoms with E-state index in [4.69, 9.17) is 28.4 Å². The molecule has 0 bridgehead atoms. The van der Waals surface area contributed by atoms with Crippen LogP contribution in [-0.2, 0) is 38.0 Å². The molecule has 0 aliphatic carbocycles. The minimum atomic E-state index is -1.96. The molecule has 3 fully saturated rings. The third kappa shape index (κ3) is 9.09. The van der Waals surface area contributed by atoms with Crippen molar-refractivity contribution in [1.82, 2.24) is 5.32 Å². The lowest BCUT2D eigenvalue weighted by molar-refractivity contribution is -0.308. The Morgan fingerprint density at radius 2 is 1.54 bits per heavy atom. The number of aliphatic hydroxyl groups excluding tert-OH is 3. The number of hydrogen-bond acceptors (Lipinski definition) is 13. The molecule has 0 spiro atoms. The number of carbonyl (C=O) groups is 2. The highest BCUT2D eigenvalue weighted by Crippen LogP contribution is 2.41. The van der Waals surface area contributed by atoms with Crippen LogP contribution in [0.25, 0.3) is 0 Å². The van der Waals surface area contributed by atoms with Gasteiger partial charge in [-0.2, -0.15) is 0 Å². The van der Waals surface area contributed by atoms with Gasteiger partial charge in [0.15, 0.2) is 16.7 Å². The molecule has 3 aliphatic rings. The van der Waals surface area contributed by atoms with Crippen molar-refractivity contribution >= 4 is 34.3 Å². The molecule has 0 saturated carbocycles. The SMILES string of the molecule is CN[C@H]1CC(C)O[C@@H](OC2[C@@H](C)C(O[C@H]3C[C@H](C)[C@@H](O)[C@H](C)O3)[C@@H](C)C(=O)O[C@H](I)[C@@](C)(O)[C@H](O)[C@@H](C)C(=O)[C@H](C)C[C@@]2(C)OC)[C@@H]1O. The Labute approximate surface area is 299 Å². The van der Waals surface area contributed by atoms with Crippen molar-refractivity contribution in [3.05, 3.63) is 0 Å². The van der Waals surface area contributed by atoms with Crippen LogP contribution in [0.2, 0.25) is 0 Å². The average molecular weight is 802 g/mol. The summed E-state index contributed by atoms with van der Waals surface area (Å²) in [6.45, 7) is 15.5. The van der Waals surface area contributed by atoms with Crippen LogP contribution in [0.1, 0.15) is 81.6 Å². The number of ether oxygens (including phenoxy) is 6. The number of likely N-dealkylation sites (N-methyl/N-ethyl adjacent to an activating group) is 1. The van der Waals surface area contributed by atoms with Gasteiger partial charge in [-0.3, -0.25) is 9.59 Å². The minimum absolute atomic E-state index is 0.129. The van der Waals surface area contributed by atoms with Crippen LogP contribution in [0.5, 0.6) is 0 Å². The second-order valence-electron chi connectivity index (χ2n) is 15.0. The molecule has 3 saturated heterocycles. The Morgan fingerprint density at radius 1 is 0.917 bits per heavy atom. The number of cyclic esters (lactones) is 1. The zero-order valence-corrected chi connectivity index (χ0v) is 32.4. The van der Waals surface area contributed by atoms with Gasteiger partial charge < -0.3 is 54.2 Å². The lowest BCUT2D eigenvalue weighted by Gasteiger charge is -2.48. The van der Waals surface area contributed by atoms with Gasteiger partial charge >= 0.3 is 5.97 Å². The van der Waals surface area contributed by atoms with Crippen molar-refractivity contribution in [2.75, 3.05) is 14.2 Å². The summed E-state index contributed by atoms with van der Waals surface area (Å²) in [5.41, 5.74) is -3.18. The molecule has 3 unspecified atom stereocenters. The number of rotatable bonds is 6. The highest BCUT2D eigenvalue weighted by Gasteiger charge is 2.53. The predicted octanol–water partition coefficient (Wildman–Crippen LogP) is 2.31. The molecule has 280 valence electrons. The molecule has 0 aromatic carbocycles. The minimum Gasteiger partial charge on any atom is -0.448 e. The van der Waals surface area contributed by atoms with Gasteiger partial charge in [-0.05, 0) is 83.0 Å². The number of esters is 1. The van der Waals surface area contributed by atoms with Gasteiger partial charge in [-0.15, -0.1) is 0 Å². The van der Waals surface area contributed by atoms with Crippen molar-refractivity contribution in [2.45, 2.75) is 158 Å². The summed E-state index contributed by atoms with van der Waals surface area (Å²) in [5.74, 6) is -4.49. The zero-order chi connectivity index (χ0) is 36.5. The van der Waals surface area contributed by atoms with Crippen molar-refractivity contribution in [2.24, 2.45) is 29.6 Å². The summed E-state index contributed by atoms with van der Waals surface area (Å²) >= 11 is 1.76. The van der Waals surface area contributed by atoms with Gasteiger partial charge in [0.2, 0.25) is 0 Å². The number of methoxy groups -OCH3 is 1. The van der Waals surface area contributed by atoms with Crippen LogP contribution in [0.4, 0.5) is 0 Å². The first-order valence-corrected chi connectivity index (χ1v) is 18.4. The van der Waals surface area contributed by atoms with E-state index in [9.17, 15) is 30.0 Å². The summed E-state index contributed by atoms with van der Waals surface area (Å²) in [4.78, 5) is 27.7. The Kier molecular flexibility index (Phi) is 14.7. The molecule has 14 heteroatoms. The van der Waals surface area contributed by atoms with Crippen molar-refractivity contribution in [3.8, 4) is 0 Å². The van der Waals surface area contributed by atoms with Crippen LogP contribution >= 0.6 is 22.6 Å². The number of ketones is 1. The Hall–Kier alpha value is -0.530. The maximum absolute atomic E-state index is 13.9. The van der Waals surface area contributed by atoms with Gasteiger partial charge in [0.1, 0.15) is 17.5 Å². The van der Waals surface area contributed by atoms with Crippen LogP contribution in [-0.4, -0.2) is 123 Å². The maximum atomic E-state index is 13.9. The van der Waals surface area contributed by atoms with E-state index >= 15 is 0 Å². The first-order valence-electron chi connectivity index (χ1n) is 17.2. The fourth-order valence-electron chi connectivity index (χ4n) is 7.57. The molecular formula is C34H60INO12. The predicted molar refractivity (Wildman–Crippen MR) is 184 cm³/mol. The van der Waals surface area contributed by atoms with Gasteiger partial charge in [-0.1, -0.05) is 27.7 Å². The summed E-state index contributed by atoms with van der Waals surface area (Å²) in [6, 6.07) is -0.316. The standard InChI is InChI=1S/C34H60INO12/c1-15-12-23(45-21(7)25(15)38)46-27-19(5)29(47-31-26(39)22(36-10)13-17(3)44-31)33(8,43-11)14-16(2)24(37)18(4)28(40)34(9,42)32(35)48-30(41)20(27)6/h15-23,25-29,31-32,36,38-40,42H,12-14H2,1-11H3/t15-,16+,17?,18-,19-,20+,21-,22-,23-,25+,26+,27?,28+,29?,31-,32-,33+,34-/m0/s1. The first-order chi connectivity index (χ1) is 22.2. The fraction of sp³-hybridized carbons (Fsp3) is 0.941. The van der Waals surface area contributed by atoms with E-state index in [2.05, 4.69) is 5.32 Å². The van der Waals surface area contributed by atoms with Crippen LogP contribution in [0, 0.1) is 29.6 Å². The largest absolute Gasteiger partial charge is 0.448 e. The quantitative estimate of drug-likeness (QED) is 0.150. The maximum Gasteiger partial charge on any atom is 0.312 e. The number of nitrogens with one attached hydrogen (secondary N) is 1. The van der Waals surface area contributed by atoms with Gasteiger partial charge in [-0.25, -0.2) is 0 Å². The number of aliphatic hydroxyl groups is 4. The van der Waals surface area contributed by atoms with E-state index in [0.29, 0.717) is 12.8 Å². The van der Waals surface area contributed by atoms with E-state index in [-0.39, 0.29) is 30.3 Å². The third-order valence-corrected chi connectivity index (χ3v) is 12.4. The molecule has 18 atom stereocenters. The summed E-state index contributed by atoms with van der Waals surface area (Å²) in [7, 11) is 3.26. The summed E-state index contributed by atoms with van der Waals surface area (Å²) < 4.78 is 36.3. The molecule has 3 rings (SSSR count). The van der Waals surface area contributed by atoms with Crippen LogP contribution in [0.15, 0.2) is 0 Å².